The first-order valence-corrected chi connectivity index (χ1v) is 12.2. The van der Waals surface area contributed by atoms with Crippen molar-refractivity contribution in [1.29, 1.82) is 0 Å². The van der Waals surface area contributed by atoms with Crippen LogP contribution in [-0.2, 0) is 0 Å². The number of anilines is 1. The van der Waals surface area contributed by atoms with E-state index in [1.807, 2.05) is 24.3 Å². The summed E-state index contributed by atoms with van der Waals surface area (Å²) in [4.78, 5) is 15.8. The summed E-state index contributed by atoms with van der Waals surface area (Å²) in [5, 5.41) is 12.9. The maximum absolute atomic E-state index is 11.5. The smallest absolute Gasteiger partial charge is 0.336 e. The van der Waals surface area contributed by atoms with E-state index in [9.17, 15) is 9.90 Å². The third-order valence-corrected chi connectivity index (χ3v) is 5.80. The number of carboxylic acids is 1. The minimum atomic E-state index is -0.928. The maximum Gasteiger partial charge on any atom is 0.336 e. The Bertz CT molecular complexity index is 760. The summed E-state index contributed by atoms with van der Waals surface area (Å²) in [6.45, 7) is 3.21. The zero-order valence-electron chi connectivity index (χ0n) is 19.2. The van der Waals surface area contributed by atoms with Crippen LogP contribution >= 0.6 is 0 Å². The molecular weight excluding hydrogens is 384 g/mol. The number of unbranched alkanes of at least 4 members (excludes halogenated alkanes) is 12. The molecule has 2 aromatic rings. The van der Waals surface area contributed by atoms with Crippen molar-refractivity contribution < 1.29 is 9.90 Å². The molecule has 4 nitrogen and oxygen atoms in total. The molecule has 0 radical (unpaired) electrons. The van der Waals surface area contributed by atoms with E-state index < -0.39 is 5.97 Å². The van der Waals surface area contributed by atoms with Crippen LogP contribution in [0.2, 0.25) is 0 Å². The molecule has 0 atom stereocenters. The molecule has 31 heavy (non-hydrogen) atoms. The van der Waals surface area contributed by atoms with Gasteiger partial charge >= 0.3 is 5.97 Å². The Morgan fingerprint density at radius 2 is 1.42 bits per heavy atom. The van der Waals surface area contributed by atoms with Crippen LogP contribution in [0.3, 0.4) is 0 Å². The average molecular weight is 425 g/mol. The van der Waals surface area contributed by atoms with Crippen LogP contribution in [0.5, 0.6) is 0 Å². The Labute approximate surface area is 188 Å². The fourth-order valence-corrected chi connectivity index (χ4v) is 3.96. The monoisotopic (exact) mass is 424 g/mol. The highest BCUT2D eigenvalue weighted by atomic mass is 16.4. The zero-order chi connectivity index (χ0) is 22.2. The number of benzene rings is 1. The van der Waals surface area contributed by atoms with Crippen LogP contribution in [0.25, 0.3) is 11.3 Å². The lowest BCUT2D eigenvalue weighted by Gasteiger charge is -2.09. The largest absolute Gasteiger partial charge is 0.478 e. The van der Waals surface area contributed by atoms with E-state index >= 15 is 0 Å². The van der Waals surface area contributed by atoms with Gasteiger partial charge in [-0.3, -0.25) is 4.98 Å². The summed E-state index contributed by atoms with van der Waals surface area (Å²) in [6.07, 6.45) is 19.4. The predicted octanol–water partition coefficient (Wildman–Crippen LogP) is 7.95. The van der Waals surface area contributed by atoms with Gasteiger partial charge in [-0.1, -0.05) is 102 Å². The lowest BCUT2D eigenvalue weighted by Crippen LogP contribution is -2.03. The normalized spacial score (nSPS) is 10.9. The van der Waals surface area contributed by atoms with Crippen LogP contribution in [0.15, 0.2) is 42.6 Å². The first kappa shape index (κ1) is 24.9. The van der Waals surface area contributed by atoms with Gasteiger partial charge in [-0.15, -0.1) is 0 Å². The van der Waals surface area contributed by atoms with Crippen molar-refractivity contribution in [3.05, 3.63) is 48.2 Å². The Balaban J connectivity index is 1.57. The molecule has 0 saturated carbocycles. The number of carbonyl (C=O) groups is 1. The standard InChI is InChI=1S/C27H40N2O2/c1-2-3-4-5-6-7-8-9-10-11-12-13-16-20-28-23-19-21-29-26(22-23)24-17-14-15-18-25(24)27(30)31/h14-15,17-19,21-22H,2-13,16,20H2,1H3,(H,28,29)(H,30,31). The number of pyridine rings is 1. The lowest BCUT2D eigenvalue weighted by molar-refractivity contribution is 0.0697. The average Bonchev–Trinajstić information content (AvgIpc) is 2.79. The molecule has 0 fully saturated rings. The molecule has 2 N–H and O–H groups in total. The van der Waals surface area contributed by atoms with Gasteiger partial charge in [0, 0.05) is 24.0 Å². The first-order chi connectivity index (χ1) is 15.2. The summed E-state index contributed by atoms with van der Waals surface area (Å²) < 4.78 is 0. The van der Waals surface area contributed by atoms with Gasteiger partial charge in [-0.05, 0) is 24.6 Å². The van der Waals surface area contributed by atoms with Crippen LogP contribution in [0.4, 0.5) is 5.69 Å². The fraction of sp³-hybridized carbons (Fsp3) is 0.556. The highest BCUT2D eigenvalue weighted by molar-refractivity contribution is 5.95. The van der Waals surface area contributed by atoms with Gasteiger partial charge in [0.15, 0.2) is 0 Å². The Kier molecular flexibility index (Phi) is 12.4. The molecule has 0 aliphatic heterocycles. The van der Waals surface area contributed by atoms with Crippen molar-refractivity contribution >= 4 is 11.7 Å². The number of rotatable bonds is 17. The van der Waals surface area contributed by atoms with Crippen molar-refractivity contribution in [2.75, 3.05) is 11.9 Å². The number of aromatic nitrogens is 1. The van der Waals surface area contributed by atoms with E-state index in [0.717, 1.165) is 18.7 Å². The van der Waals surface area contributed by atoms with Crippen molar-refractivity contribution in [2.24, 2.45) is 0 Å². The number of hydrogen-bond acceptors (Lipinski definition) is 3. The quantitative estimate of drug-likeness (QED) is 0.253. The van der Waals surface area contributed by atoms with Crippen molar-refractivity contribution in [3.8, 4) is 11.3 Å². The van der Waals surface area contributed by atoms with Crippen LogP contribution in [0.1, 0.15) is 101 Å². The van der Waals surface area contributed by atoms with Gasteiger partial charge < -0.3 is 10.4 Å². The molecular formula is C27H40N2O2. The molecule has 2 rings (SSSR count). The molecule has 0 saturated heterocycles. The van der Waals surface area contributed by atoms with Gasteiger partial charge in [0.2, 0.25) is 0 Å². The number of carboxylic acid groups (broad SMARTS) is 1. The predicted molar refractivity (Wildman–Crippen MR) is 131 cm³/mol. The molecule has 4 heteroatoms. The second-order valence-corrected chi connectivity index (χ2v) is 8.45. The molecule has 0 spiro atoms. The van der Waals surface area contributed by atoms with E-state index in [-0.39, 0.29) is 5.56 Å². The maximum atomic E-state index is 11.5. The highest BCUT2D eigenvalue weighted by Gasteiger charge is 2.12. The molecule has 1 aromatic heterocycles. The Morgan fingerprint density at radius 1 is 0.839 bits per heavy atom. The second kappa shape index (κ2) is 15.4. The Hall–Kier alpha value is -2.36. The Morgan fingerprint density at radius 3 is 2.03 bits per heavy atom. The number of nitrogens with one attached hydrogen (secondary N) is 1. The van der Waals surface area contributed by atoms with Gasteiger partial charge in [0.25, 0.3) is 0 Å². The number of hydrogen-bond donors (Lipinski definition) is 2. The minimum Gasteiger partial charge on any atom is -0.478 e. The molecule has 1 aromatic carbocycles. The SMILES string of the molecule is CCCCCCCCCCCCCCCNc1ccnc(-c2ccccc2C(=O)O)c1. The van der Waals surface area contributed by atoms with E-state index in [1.165, 1.54) is 77.0 Å². The van der Waals surface area contributed by atoms with Gasteiger partial charge in [0.05, 0.1) is 11.3 Å². The van der Waals surface area contributed by atoms with Crippen LogP contribution < -0.4 is 5.32 Å². The molecule has 0 aliphatic rings. The van der Waals surface area contributed by atoms with Crippen molar-refractivity contribution in [1.82, 2.24) is 4.98 Å². The summed E-state index contributed by atoms with van der Waals surface area (Å²) in [7, 11) is 0. The van der Waals surface area contributed by atoms with E-state index in [4.69, 9.17) is 0 Å². The summed E-state index contributed by atoms with van der Waals surface area (Å²) in [5.41, 5.74) is 2.61. The van der Waals surface area contributed by atoms with E-state index in [1.54, 1.807) is 18.3 Å². The molecule has 0 unspecified atom stereocenters. The lowest BCUT2D eigenvalue weighted by atomic mass is 10.0. The second-order valence-electron chi connectivity index (χ2n) is 8.45. The van der Waals surface area contributed by atoms with Crippen molar-refractivity contribution in [3.63, 3.8) is 0 Å². The third-order valence-electron chi connectivity index (χ3n) is 5.80. The molecule has 0 bridgehead atoms. The minimum absolute atomic E-state index is 0.281. The van der Waals surface area contributed by atoms with Crippen molar-refractivity contribution in [2.45, 2.75) is 90.4 Å². The van der Waals surface area contributed by atoms with E-state index in [2.05, 4.69) is 17.2 Å². The zero-order valence-corrected chi connectivity index (χ0v) is 19.2. The first-order valence-electron chi connectivity index (χ1n) is 12.2. The van der Waals surface area contributed by atoms with E-state index in [0.29, 0.717) is 11.3 Å². The number of nitrogens with zero attached hydrogens (tertiary/aromatic N) is 1. The third kappa shape index (κ3) is 9.99. The summed E-state index contributed by atoms with van der Waals surface area (Å²) in [5.74, 6) is -0.928. The van der Waals surface area contributed by atoms with Crippen LogP contribution in [0, 0.1) is 0 Å². The van der Waals surface area contributed by atoms with Gasteiger partial charge in [-0.25, -0.2) is 4.79 Å². The van der Waals surface area contributed by atoms with Crippen LogP contribution in [-0.4, -0.2) is 22.6 Å². The summed E-state index contributed by atoms with van der Waals surface area (Å²) >= 11 is 0. The van der Waals surface area contributed by atoms with Gasteiger partial charge in [-0.2, -0.15) is 0 Å². The fourth-order valence-electron chi connectivity index (χ4n) is 3.96. The molecule has 1 heterocycles. The topological polar surface area (TPSA) is 62.2 Å². The molecule has 0 aliphatic carbocycles. The number of aromatic carboxylic acids is 1. The highest BCUT2D eigenvalue weighted by Crippen LogP contribution is 2.24. The molecule has 170 valence electrons. The van der Waals surface area contributed by atoms with Gasteiger partial charge in [0.1, 0.15) is 0 Å². The summed E-state index contributed by atoms with van der Waals surface area (Å²) in [6, 6.07) is 10.9. The molecule has 0 amide bonds.